The minimum Gasteiger partial charge on any atom is -0.377 e. The quantitative estimate of drug-likeness (QED) is 0.709. The number of anilines is 2. The predicted molar refractivity (Wildman–Crippen MR) is 113 cm³/mol. The molecule has 28 heavy (non-hydrogen) atoms. The fraction of sp³-hybridized carbons (Fsp3) is 0.217. The third-order valence-corrected chi connectivity index (χ3v) is 4.91. The second kappa shape index (κ2) is 7.35. The molecule has 0 spiro atoms. The minimum absolute atomic E-state index is 0.104. The zero-order valence-corrected chi connectivity index (χ0v) is 16.0. The molecule has 1 saturated carbocycles. The number of carbonyl (C=O) groups is 2. The lowest BCUT2D eigenvalue weighted by Gasteiger charge is -2.18. The van der Waals surface area contributed by atoms with Gasteiger partial charge in [0.15, 0.2) is 0 Å². The Morgan fingerprint density at radius 2 is 1.64 bits per heavy atom. The average Bonchev–Trinajstić information content (AvgIpc) is 3.51. The van der Waals surface area contributed by atoms with E-state index in [9.17, 15) is 9.59 Å². The third kappa shape index (κ3) is 3.83. The molecule has 1 aliphatic rings. The summed E-state index contributed by atoms with van der Waals surface area (Å²) in [5.41, 5.74) is 2.57. The predicted octanol–water partition coefficient (Wildman–Crippen LogP) is 4.05. The summed E-state index contributed by atoms with van der Waals surface area (Å²) >= 11 is 0. The molecule has 2 N–H and O–H groups in total. The Kier molecular flexibility index (Phi) is 4.74. The van der Waals surface area contributed by atoms with Crippen molar-refractivity contribution < 1.29 is 9.59 Å². The molecule has 5 heteroatoms. The van der Waals surface area contributed by atoms with Crippen molar-refractivity contribution in [3.8, 4) is 0 Å². The lowest BCUT2D eigenvalue weighted by atomic mass is 10.1. The van der Waals surface area contributed by atoms with E-state index in [1.165, 1.54) is 0 Å². The van der Waals surface area contributed by atoms with Crippen molar-refractivity contribution in [2.24, 2.45) is 0 Å². The van der Waals surface area contributed by atoms with Gasteiger partial charge in [0.05, 0.1) is 5.56 Å². The Morgan fingerprint density at radius 3 is 2.36 bits per heavy atom. The van der Waals surface area contributed by atoms with E-state index in [0.29, 0.717) is 16.8 Å². The summed E-state index contributed by atoms with van der Waals surface area (Å²) in [6.07, 6.45) is 2.06. The highest BCUT2D eigenvalue weighted by molar-refractivity contribution is 6.08. The van der Waals surface area contributed by atoms with Crippen molar-refractivity contribution in [1.82, 2.24) is 5.32 Å². The van der Waals surface area contributed by atoms with Crippen LogP contribution in [0.1, 0.15) is 33.6 Å². The van der Waals surface area contributed by atoms with E-state index >= 15 is 0 Å². The first kappa shape index (κ1) is 18.0. The topological polar surface area (TPSA) is 61.4 Å². The molecule has 2 amide bonds. The molecule has 1 fully saturated rings. The summed E-state index contributed by atoms with van der Waals surface area (Å²) in [4.78, 5) is 27.2. The van der Waals surface area contributed by atoms with Gasteiger partial charge in [-0.1, -0.05) is 30.3 Å². The first-order chi connectivity index (χ1) is 13.5. The Labute approximate surface area is 164 Å². The first-order valence-corrected chi connectivity index (χ1v) is 9.43. The minimum atomic E-state index is -0.197. The van der Waals surface area contributed by atoms with E-state index in [2.05, 4.69) is 10.6 Å². The highest BCUT2D eigenvalue weighted by atomic mass is 16.2. The second-order valence-corrected chi connectivity index (χ2v) is 7.39. The van der Waals surface area contributed by atoms with E-state index < -0.39 is 0 Å². The molecule has 0 heterocycles. The van der Waals surface area contributed by atoms with Crippen molar-refractivity contribution in [3.63, 3.8) is 0 Å². The largest absolute Gasteiger partial charge is 0.377 e. The summed E-state index contributed by atoms with van der Waals surface area (Å²) in [6.45, 7) is 0. The van der Waals surface area contributed by atoms with Crippen LogP contribution in [-0.2, 0) is 0 Å². The Hall–Kier alpha value is -3.34. The summed E-state index contributed by atoms with van der Waals surface area (Å²) < 4.78 is 0. The average molecular weight is 373 g/mol. The maximum Gasteiger partial charge on any atom is 0.255 e. The van der Waals surface area contributed by atoms with Crippen LogP contribution in [0.5, 0.6) is 0 Å². The van der Waals surface area contributed by atoms with Gasteiger partial charge in [-0.2, -0.15) is 0 Å². The molecular formula is C23H23N3O2. The van der Waals surface area contributed by atoms with E-state index in [-0.39, 0.29) is 17.9 Å². The van der Waals surface area contributed by atoms with E-state index in [1.54, 1.807) is 6.07 Å². The van der Waals surface area contributed by atoms with Crippen LogP contribution in [0, 0.1) is 0 Å². The van der Waals surface area contributed by atoms with Gasteiger partial charge in [-0.05, 0) is 53.9 Å². The summed E-state index contributed by atoms with van der Waals surface area (Å²) in [5, 5.41) is 8.04. The Morgan fingerprint density at radius 1 is 0.893 bits per heavy atom. The van der Waals surface area contributed by atoms with Gasteiger partial charge in [-0.3, -0.25) is 9.59 Å². The standard InChI is InChI=1S/C23H23N3O2/c1-26(2)21-12-11-19(14-20(21)23(28)24-18-9-10-18)25-22(27)17-8-7-15-5-3-4-6-16(15)13-17/h3-8,11-14,18H,9-10H2,1-2H3,(H,24,28)(H,25,27). The molecule has 3 aromatic carbocycles. The molecule has 0 atom stereocenters. The first-order valence-electron chi connectivity index (χ1n) is 9.43. The van der Waals surface area contributed by atoms with Crippen LogP contribution in [-0.4, -0.2) is 32.0 Å². The van der Waals surface area contributed by atoms with Crippen LogP contribution in [0.15, 0.2) is 60.7 Å². The van der Waals surface area contributed by atoms with Crippen LogP contribution in [0.25, 0.3) is 10.8 Å². The fourth-order valence-corrected chi connectivity index (χ4v) is 3.21. The third-order valence-electron chi connectivity index (χ3n) is 4.91. The van der Waals surface area contributed by atoms with Gasteiger partial charge in [-0.25, -0.2) is 0 Å². The van der Waals surface area contributed by atoms with E-state index in [0.717, 1.165) is 29.3 Å². The van der Waals surface area contributed by atoms with E-state index in [4.69, 9.17) is 0 Å². The van der Waals surface area contributed by atoms with Crippen molar-refractivity contribution in [3.05, 3.63) is 71.8 Å². The molecule has 3 aromatic rings. The van der Waals surface area contributed by atoms with Crippen LogP contribution in [0.4, 0.5) is 11.4 Å². The fourth-order valence-electron chi connectivity index (χ4n) is 3.21. The number of fused-ring (bicyclic) bond motifs is 1. The van der Waals surface area contributed by atoms with Crippen molar-refractivity contribution >= 4 is 34.0 Å². The summed E-state index contributed by atoms with van der Waals surface area (Å²) in [5.74, 6) is -0.301. The van der Waals surface area contributed by atoms with Gasteiger partial charge in [-0.15, -0.1) is 0 Å². The molecule has 0 bridgehead atoms. The zero-order valence-electron chi connectivity index (χ0n) is 16.0. The number of nitrogens with zero attached hydrogens (tertiary/aromatic N) is 1. The normalized spacial score (nSPS) is 13.2. The molecule has 0 aliphatic heterocycles. The Bertz CT molecular complexity index is 1050. The van der Waals surface area contributed by atoms with Crippen molar-refractivity contribution in [1.29, 1.82) is 0 Å². The zero-order chi connectivity index (χ0) is 19.7. The second-order valence-electron chi connectivity index (χ2n) is 7.39. The summed E-state index contributed by atoms with van der Waals surface area (Å²) in [6, 6.07) is 19.3. The van der Waals surface area contributed by atoms with Crippen LogP contribution in [0.2, 0.25) is 0 Å². The SMILES string of the molecule is CN(C)c1ccc(NC(=O)c2ccc3ccccc3c2)cc1C(=O)NC1CC1. The smallest absolute Gasteiger partial charge is 0.255 e. The monoisotopic (exact) mass is 373 g/mol. The van der Waals surface area contributed by atoms with Crippen LogP contribution >= 0.6 is 0 Å². The van der Waals surface area contributed by atoms with E-state index in [1.807, 2.05) is 73.6 Å². The molecule has 0 aromatic heterocycles. The number of hydrogen-bond acceptors (Lipinski definition) is 3. The number of carbonyl (C=O) groups excluding carboxylic acids is 2. The lowest BCUT2D eigenvalue weighted by Crippen LogP contribution is -2.27. The molecular weight excluding hydrogens is 350 g/mol. The Balaban J connectivity index is 1.59. The van der Waals surface area contributed by atoms with Gasteiger partial charge in [0.1, 0.15) is 0 Å². The van der Waals surface area contributed by atoms with Crippen molar-refractivity contribution in [2.75, 3.05) is 24.3 Å². The molecule has 0 radical (unpaired) electrons. The van der Waals surface area contributed by atoms with Gasteiger partial charge >= 0.3 is 0 Å². The van der Waals surface area contributed by atoms with Crippen molar-refractivity contribution in [2.45, 2.75) is 18.9 Å². The highest BCUT2D eigenvalue weighted by Gasteiger charge is 2.25. The molecule has 0 saturated heterocycles. The molecule has 5 nitrogen and oxygen atoms in total. The van der Waals surface area contributed by atoms with Gasteiger partial charge in [0.2, 0.25) is 0 Å². The molecule has 1 aliphatic carbocycles. The number of benzene rings is 3. The molecule has 0 unspecified atom stereocenters. The van der Waals surface area contributed by atoms with Gasteiger partial charge < -0.3 is 15.5 Å². The van der Waals surface area contributed by atoms with Crippen LogP contribution < -0.4 is 15.5 Å². The number of amides is 2. The lowest BCUT2D eigenvalue weighted by molar-refractivity contribution is 0.0950. The molecule has 142 valence electrons. The number of hydrogen-bond donors (Lipinski definition) is 2. The molecule has 4 rings (SSSR count). The maximum atomic E-state index is 12.7. The summed E-state index contributed by atoms with van der Waals surface area (Å²) in [7, 11) is 3.80. The highest BCUT2D eigenvalue weighted by Crippen LogP contribution is 2.26. The van der Waals surface area contributed by atoms with Gasteiger partial charge in [0, 0.05) is 37.1 Å². The van der Waals surface area contributed by atoms with Crippen LogP contribution in [0.3, 0.4) is 0 Å². The number of rotatable bonds is 5. The number of nitrogens with one attached hydrogen (secondary N) is 2. The van der Waals surface area contributed by atoms with Gasteiger partial charge in [0.25, 0.3) is 11.8 Å². The maximum absolute atomic E-state index is 12.7.